The van der Waals surface area contributed by atoms with Crippen LogP contribution in [0.4, 0.5) is 6.01 Å². The number of nitrogens with zero attached hydrogens (tertiary/aromatic N) is 5. The van der Waals surface area contributed by atoms with Gasteiger partial charge in [0.05, 0.1) is 11.7 Å². The number of imidazole rings is 1. The fraction of sp³-hybridized carbons (Fsp3) is 0.467. The first-order chi connectivity index (χ1) is 10.8. The molecule has 7 heteroatoms. The van der Waals surface area contributed by atoms with E-state index < -0.39 is 0 Å². The van der Waals surface area contributed by atoms with Crippen LogP contribution in [0.1, 0.15) is 56.2 Å². The Morgan fingerprint density at radius 1 is 1.41 bits per heavy atom. The Bertz CT molecular complexity index is 742. The molecular weight excluding hydrogens is 280 g/mol. The van der Waals surface area contributed by atoms with Crippen LogP contribution in [0.5, 0.6) is 0 Å². The van der Waals surface area contributed by atoms with E-state index in [-0.39, 0.29) is 6.04 Å². The van der Waals surface area contributed by atoms with Gasteiger partial charge in [-0.3, -0.25) is 4.40 Å². The van der Waals surface area contributed by atoms with Crippen LogP contribution in [0, 0.1) is 0 Å². The Balaban J connectivity index is 1.54. The van der Waals surface area contributed by atoms with Gasteiger partial charge in [-0.2, -0.15) is 0 Å². The highest BCUT2D eigenvalue weighted by atomic mass is 16.4. The summed E-state index contributed by atoms with van der Waals surface area (Å²) in [5, 5.41) is 11.5. The zero-order chi connectivity index (χ0) is 14.9. The van der Waals surface area contributed by atoms with Gasteiger partial charge in [-0.1, -0.05) is 18.4 Å². The predicted octanol–water partition coefficient (Wildman–Crippen LogP) is 2.94. The predicted molar refractivity (Wildman–Crippen MR) is 80.5 cm³/mol. The molecule has 0 aliphatic heterocycles. The summed E-state index contributed by atoms with van der Waals surface area (Å²) in [6.45, 7) is 2.10. The second-order valence-electron chi connectivity index (χ2n) is 5.67. The van der Waals surface area contributed by atoms with Gasteiger partial charge in [0.1, 0.15) is 0 Å². The van der Waals surface area contributed by atoms with Gasteiger partial charge in [0.2, 0.25) is 11.7 Å². The zero-order valence-corrected chi connectivity index (χ0v) is 12.4. The molecular formula is C15H18N6O. The number of nitrogens with one attached hydrogen (secondary N) is 1. The molecule has 22 heavy (non-hydrogen) atoms. The minimum absolute atomic E-state index is 0.0244. The van der Waals surface area contributed by atoms with E-state index in [1.807, 2.05) is 22.9 Å². The third-order valence-electron chi connectivity index (χ3n) is 4.21. The lowest BCUT2D eigenvalue weighted by Gasteiger charge is -2.20. The molecule has 0 amide bonds. The Labute approximate surface area is 127 Å². The van der Waals surface area contributed by atoms with Crippen molar-refractivity contribution in [2.75, 3.05) is 5.32 Å². The van der Waals surface area contributed by atoms with E-state index in [4.69, 9.17) is 4.42 Å². The number of hydrogen-bond acceptors (Lipinski definition) is 6. The second-order valence-corrected chi connectivity index (χ2v) is 5.67. The smallest absolute Gasteiger partial charge is 0.316 e. The maximum Gasteiger partial charge on any atom is 0.316 e. The SMILES string of the molecule is CC[C@@H](Nc1nnc(C2CCC2)o1)c1cn2cccnc2n1. The molecule has 1 atom stereocenters. The maximum absolute atomic E-state index is 5.73. The van der Waals surface area contributed by atoms with E-state index in [1.54, 1.807) is 6.20 Å². The molecule has 0 unspecified atom stereocenters. The largest absolute Gasteiger partial charge is 0.408 e. The summed E-state index contributed by atoms with van der Waals surface area (Å²) in [7, 11) is 0. The highest BCUT2D eigenvalue weighted by Crippen LogP contribution is 2.36. The summed E-state index contributed by atoms with van der Waals surface area (Å²) in [6, 6.07) is 2.38. The summed E-state index contributed by atoms with van der Waals surface area (Å²) in [5.74, 6) is 1.89. The lowest BCUT2D eigenvalue weighted by molar-refractivity contribution is 0.337. The molecule has 0 bridgehead atoms. The molecule has 114 valence electrons. The van der Waals surface area contributed by atoms with Crippen molar-refractivity contribution in [3.8, 4) is 0 Å². The average Bonchev–Trinajstić information content (AvgIpc) is 3.09. The van der Waals surface area contributed by atoms with Gasteiger partial charge in [0, 0.05) is 24.5 Å². The van der Waals surface area contributed by atoms with Gasteiger partial charge in [-0.15, -0.1) is 5.10 Å². The quantitative estimate of drug-likeness (QED) is 0.780. The van der Waals surface area contributed by atoms with E-state index in [0.717, 1.165) is 30.8 Å². The molecule has 1 N–H and O–H groups in total. The molecule has 3 heterocycles. The van der Waals surface area contributed by atoms with Crippen molar-refractivity contribution in [2.24, 2.45) is 0 Å². The molecule has 7 nitrogen and oxygen atoms in total. The number of hydrogen-bond donors (Lipinski definition) is 1. The average molecular weight is 298 g/mol. The normalized spacial score (nSPS) is 16.6. The summed E-state index contributed by atoms with van der Waals surface area (Å²) in [6.07, 6.45) is 10.1. The van der Waals surface area contributed by atoms with Crippen LogP contribution >= 0.6 is 0 Å². The Morgan fingerprint density at radius 3 is 3.05 bits per heavy atom. The van der Waals surface area contributed by atoms with Crippen LogP contribution in [-0.4, -0.2) is 24.6 Å². The van der Waals surface area contributed by atoms with Crippen LogP contribution in [-0.2, 0) is 0 Å². The van der Waals surface area contributed by atoms with Crippen molar-refractivity contribution < 1.29 is 4.42 Å². The number of aromatic nitrogens is 5. The van der Waals surface area contributed by atoms with Gasteiger partial charge in [0.15, 0.2) is 0 Å². The molecule has 0 radical (unpaired) electrons. The molecule has 1 saturated carbocycles. The molecule has 3 aromatic heterocycles. The molecule has 1 aliphatic carbocycles. The van der Waals surface area contributed by atoms with Crippen LogP contribution < -0.4 is 5.32 Å². The monoisotopic (exact) mass is 298 g/mol. The van der Waals surface area contributed by atoms with Crippen molar-refractivity contribution in [1.29, 1.82) is 0 Å². The molecule has 1 fully saturated rings. The molecule has 3 aromatic rings. The summed E-state index contributed by atoms with van der Waals surface area (Å²) in [5.41, 5.74) is 0.921. The number of anilines is 1. The standard InChI is InChI=1S/C15H18N6O/c1-2-11(12-9-21-8-4-7-16-14(21)17-12)18-15-20-19-13(22-15)10-5-3-6-10/h4,7-11H,2-3,5-6H2,1H3,(H,18,20)/t11-/m1/s1. The van der Waals surface area contributed by atoms with E-state index in [0.29, 0.717) is 17.7 Å². The summed E-state index contributed by atoms with van der Waals surface area (Å²) in [4.78, 5) is 8.79. The highest BCUT2D eigenvalue weighted by Gasteiger charge is 2.26. The fourth-order valence-electron chi connectivity index (χ4n) is 2.66. The first-order valence-electron chi connectivity index (χ1n) is 7.73. The first-order valence-corrected chi connectivity index (χ1v) is 7.73. The first kappa shape index (κ1) is 13.2. The lowest BCUT2D eigenvalue weighted by Crippen LogP contribution is -2.10. The van der Waals surface area contributed by atoms with Gasteiger partial charge in [-0.05, 0) is 25.3 Å². The molecule has 0 spiro atoms. The number of fused-ring (bicyclic) bond motifs is 1. The topological polar surface area (TPSA) is 81.1 Å². The van der Waals surface area contributed by atoms with Gasteiger partial charge in [-0.25, -0.2) is 9.97 Å². The Morgan fingerprint density at radius 2 is 2.32 bits per heavy atom. The zero-order valence-electron chi connectivity index (χ0n) is 12.4. The lowest BCUT2D eigenvalue weighted by atomic mass is 9.85. The van der Waals surface area contributed by atoms with Crippen molar-refractivity contribution in [3.05, 3.63) is 36.2 Å². The molecule has 0 saturated heterocycles. The van der Waals surface area contributed by atoms with Gasteiger partial charge in [0.25, 0.3) is 0 Å². The minimum atomic E-state index is 0.0244. The van der Waals surface area contributed by atoms with Crippen LogP contribution in [0.2, 0.25) is 0 Å². The van der Waals surface area contributed by atoms with Crippen LogP contribution in [0.15, 0.2) is 29.1 Å². The number of rotatable bonds is 5. The van der Waals surface area contributed by atoms with Crippen molar-refractivity contribution >= 4 is 11.8 Å². The minimum Gasteiger partial charge on any atom is -0.408 e. The molecule has 4 rings (SSSR count). The van der Waals surface area contributed by atoms with Crippen LogP contribution in [0.25, 0.3) is 5.78 Å². The van der Waals surface area contributed by atoms with E-state index >= 15 is 0 Å². The van der Waals surface area contributed by atoms with Gasteiger partial charge >= 0.3 is 6.01 Å². The van der Waals surface area contributed by atoms with E-state index in [2.05, 4.69) is 32.4 Å². The Hall–Kier alpha value is -2.44. The van der Waals surface area contributed by atoms with Crippen molar-refractivity contribution in [3.63, 3.8) is 0 Å². The molecule has 0 aromatic carbocycles. The summed E-state index contributed by atoms with van der Waals surface area (Å²) >= 11 is 0. The Kier molecular flexibility index (Phi) is 3.25. The summed E-state index contributed by atoms with van der Waals surface area (Å²) < 4.78 is 7.64. The molecule has 1 aliphatic rings. The van der Waals surface area contributed by atoms with E-state index in [9.17, 15) is 0 Å². The van der Waals surface area contributed by atoms with Crippen molar-refractivity contribution in [2.45, 2.75) is 44.6 Å². The van der Waals surface area contributed by atoms with E-state index in [1.165, 1.54) is 6.42 Å². The maximum atomic E-state index is 5.73. The van der Waals surface area contributed by atoms with Crippen LogP contribution in [0.3, 0.4) is 0 Å². The third kappa shape index (κ3) is 2.32. The van der Waals surface area contributed by atoms with Crippen molar-refractivity contribution in [1.82, 2.24) is 24.6 Å². The highest BCUT2D eigenvalue weighted by molar-refractivity contribution is 5.33. The van der Waals surface area contributed by atoms with Gasteiger partial charge < -0.3 is 9.73 Å². The fourth-order valence-corrected chi connectivity index (χ4v) is 2.66. The second kappa shape index (κ2) is 5.40. The third-order valence-corrected chi connectivity index (χ3v) is 4.21.